The van der Waals surface area contributed by atoms with Gasteiger partial charge in [0.05, 0.1) is 30.5 Å². The number of ether oxygens (including phenoxy) is 4. The highest BCUT2D eigenvalue weighted by molar-refractivity contribution is 5.88. The summed E-state index contributed by atoms with van der Waals surface area (Å²) in [6.45, 7) is 1.40. The fourth-order valence-electron chi connectivity index (χ4n) is 7.18. The SMILES string of the molecule is C[C@H](O)C(=O)O[C@@H](CC(=O)OC1=CC[C@@]2(O)[C@H]3Cc4ccc(CO)c5c4[C@@]2(CCCN3C)[C@H]1O5)C(=O)O[C@@H](CC(=O)O)C(=O)O. The number of carbonyl (C=O) groups is 5. The first-order valence-corrected chi connectivity index (χ1v) is 14.5. The van der Waals surface area contributed by atoms with Gasteiger partial charge in [-0.05, 0) is 51.4 Å². The second kappa shape index (κ2) is 12.0. The van der Waals surface area contributed by atoms with E-state index in [0.717, 1.165) is 18.1 Å². The third kappa shape index (κ3) is 5.43. The number of carbonyl (C=O) groups excluding carboxylic acids is 3. The summed E-state index contributed by atoms with van der Waals surface area (Å²) in [4.78, 5) is 62.8. The lowest BCUT2D eigenvalue weighted by Crippen LogP contribution is -2.69. The molecule has 1 aromatic rings. The zero-order valence-electron chi connectivity index (χ0n) is 24.6. The molecule has 2 aliphatic carbocycles. The first-order valence-electron chi connectivity index (χ1n) is 14.5. The molecule has 2 heterocycles. The van der Waals surface area contributed by atoms with Gasteiger partial charge in [-0.3, -0.25) is 9.59 Å². The van der Waals surface area contributed by atoms with Crippen LogP contribution in [0.1, 0.15) is 55.7 Å². The van der Waals surface area contributed by atoms with Crippen LogP contribution in [0.5, 0.6) is 5.75 Å². The summed E-state index contributed by atoms with van der Waals surface area (Å²) in [5.74, 6) is -6.91. The predicted octanol–water partition coefficient (Wildman–Crippen LogP) is -0.456. The number of carboxylic acids is 2. The van der Waals surface area contributed by atoms with Crippen molar-refractivity contribution >= 4 is 29.8 Å². The van der Waals surface area contributed by atoms with E-state index in [2.05, 4.69) is 4.90 Å². The predicted molar refractivity (Wildman–Crippen MR) is 148 cm³/mol. The van der Waals surface area contributed by atoms with Crippen LogP contribution in [-0.2, 0) is 56.6 Å². The highest BCUT2D eigenvalue weighted by Gasteiger charge is 2.70. The van der Waals surface area contributed by atoms with Gasteiger partial charge in [0, 0.05) is 23.6 Å². The summed E-state index contributed by atoms with van der Waals surface area (Å²) >= 11 is 0. The number of carboxylic acid groups (broad SMARTS) is 2. The van der Waals surface area contributed by atoms with Gasteiger partial charge in [-0.15, -0.1) is 0 Å². The quantitative estimate of drug-likeness (QED) is 0.154. The first-order chi connectivity index (χ1) is 21.2. The van der Waals surface area contributed by atoms with Crippen LogP contribution in [0, 0.1) is 0 Å². The molecule has 5 rings (SSSR count). The van der Waals surface area contributed by atoms with Gasteiger partial charge in [0.1, 0.15) is 17.6 Å². The van der Waals surface area contributed by atoms with E-state index >= 15 is 0 Å². The number of aliphatic hydroxyl groups is 3. The van der Waals surface area contributed by atoms with Crippen LogP contribution in [0.15, 0.2) is 24.0 Å². The summed E-state index contributed by atoms with van der Waals surface area (Å²) < 4.78 is 21.8. The highest BCUT2D eigenvalue weighted by atomic mass is 16.6. The molecule has 0 amide bonds. The topological polar surface area (TPSA) is 227 Å². The average Bonchev–Trinajstić information content (AvgIpc) is 3.31. The molecule has 15 nitrogen and oxygen atoms in total. The zero-order chi connectivity index (χ0) is 32.8. The molecule has 2 bridgehead atoms. The second-order valence-electron chi connectivity index (χ2n) is 11.9. The molecule has 45 heavy (non-hydrogen) atoms. The number of rotatable bonds is 11. The number of hydrogen-bond acceptors (Lipinski definition) is 13. The van der Waals surface area contributed by atoms with E-state index in [-0.39, 0.29) is 24.8 Å². The minimum Gasteiger partial charge on any atom is -0.481 e. The van der Waals surface area contributed by atoms with Gasteiger partial charge in [0.25, 0.3) is 0 Å². The molecule has 244 valence electrons. The molecule has 1 saturated heterocycles. The number of aliphatic carboxylic acids is 2. The Balaban J connectivity index is 1.44. The van der Waals surface area contributed by atoms with Crippen molar-refractivity contribution in [2.75, 3.05) is 13.6 Å². The molecule has 1 fully saturated rings. The van der Waals surface area contributed by atoms with Gasteiger partial charge in [0.2, 0.25) is 12.2 Å². The number of likely N-dealkylation sites (N-methyl/N-ethyl adjacent to an activating group) is 1. The lowest BCUT2D eigenvalue weighted by molar-refractivity contribution is -0.183. The van der Waals surface area contributed by atoms with E-state index in [4.69, 9.17) is 24.1 Å². The maximum absolute atomic E-state index is 13.3. The number of aliphatic hydroxyl groups excluding tert-OH is 2. The molecule has 2 aliphatic heterocycles. The smallest absolute Gasteiger partial charge is 0.348 e. The first kappa shape index (κ1) is 32.3. The van der Waals surface area contributed by atoms with Crippen LogP contribution in [-0.4, -0.2) is 110 Å². The van der Waals surface area contributed by atoms with E-state index in [9.17, 15) is 44.4 Å². The van der Waals surface area contributed by atoms with Gasteiger partial charge in [-0.25, -0.2) is 14.4 Å². The molecule has 15 heteroatoms. The number of nitrogens with zero attached hydrogens (tertiary/aromatic N) is 1. The molecular formula is C30H35NO14. The number of esters is 3. The number of hydrogen-bond donors (Lipinski definition) is 5. The molecule has 0 saturated carbocycles. The monoisotopic (exact) mass is 633 g/mol. The van der Waals surface area contributed by atoms with Crippen LogP contribution >= 0.6 is 0 Å². The fraction of sp³-hybridized carbons (Fsp3) is 0.567. The highest BCUT2D eigenvalue weighted by Crippen LogP contribution is 2.64. The molecule has 7 atom stereocenters. The van der Waals surface area contributed by atoms with Gasteiger partial charge in [0.15, 0.2) is 6.10 Å². The summed E-state index contributed by atoms with van der Waals surface area (Å²) in [6, 6.07) is 3.38. The van der Waals surface area contributed by atoms with Crippen molar-refractivity contribution in [1.29, 1.82) is 0 Å². The standard InChI is InChI=1S/C30H35NO14/c1-14(33)27(39)44-19(28(40)43-18(26(37)38)11-21(34)35)12-22(36)42-17-6-8-30(41)20-10-15-4-5-16(13-32)24-23(15)29(30,25(17)45-24)7-3-9-31(20)2/h4-6,14,18-20,25,32-33,41H,3,7-13H2,1-2H3,(H,34,35)(H,37,38)/t14-,18-,19-,20+,25-,29-,30+/m0/s1. The van der Waals surface area contributed by atoms with E-state index in [1.807, 2.05) is 13.1 Å². The van der Waals surface area contributed by atoms with E-state index in [1.54, 1.807) is 6.07 Å². The second-order valence-corrected chi connectivity index (χ2v) is 11.9. The Kier molecular flexibility index (Phi) is 8.65. The zero-order valence-corrected chi connectivity index (χ0v) is 24.6. The molecule has 0 aromatic heterocycles. The third-order valence-corrected chi connectivity index (χ3v) is 9.19. The summed E-state index contributed by atoms with van der Waals surface area (Å²) in [5, 5.41) is 50.3. The Hall–Kier alpha value is -4.05. The normalized spacial score (nSPS) is 28.2. The van der Waals surface area contributed by atoms with Gasteiger partial charge in [-0.1, -0.05) is 12.1 Å². The molecule has 5 N–H and O–H groups in total. The maximum atomic E-state index is 13.3. The van der Waals surface area contributed by atoms with Crippen molar-refractivity contribution in [3.63, 3.8) is 0 Å². The van der Waals surface area contributed by atoms with Crippen molar-refractivity contribution in [1.82, 2.24) is 4.90 Å². The Morgan fingerprint density at radius 3 is 2.44 bits per heavy atom. The van der Waals surface area contributed by atoms with Gasteiger partial charge >= 0.3 is 29.8 Å². The largest absolute Gasteiger partial charge is 0.481 e. The molecular weight excluding hydrogens is 598 g/mol. The molecule has 1 spiro atoms. The Morgan fingerprint density at radius 1 is 1.09 bits per heavy atom. The Bertz CT molecular complexity index is 1450. The Morgan fingerprint density at radius 2 is 1.80 bits per heavy atom. The minimum atomic E-state index is -2.15. The third-order valence-electron chi connectivity index (χ3n) is 9.19. The lowest BCUT2D eigenvalue weighted by atomic mass is 9.52. The molecule has 4 aliphatic rings. The van der Waals surface area contributed by atoms with E-state index < -0.39 is 78.1 Å². The van der Waals surface area contributed by atoms with Crippen LogP contribution in [0.4, 0.5) is 0 Å². The summed E-state index contributed by atoms with van der Waals surface area (Å²) in [7, 11) is 1.94. The Labute approximate surface area is 256 Å². The van der Waals surface area contributed by atoms with Crippen molar-refractivity contribution in [2.45, 2.75) is 93.5 Å². The summed E-state index contributed by atoms with van der Waals surface area (Å²) in [5.41, 5.74) is -0.143. The van der Waals surface area contributed by atoms with Crippen LogP contribution in [0.2, 0.25) is 0 Å². The van der Waals surface area contributed by atoms with Crippen molar-refractivity contribution < 1.29 is 68.5 Å². The van der Waals surface area contributed by atoms with Gasteiger partial charge < -0.3 is 49.4 Å². The van der Waals surface area contributed by atoms with Crippen molar-refractivity contribution in [3.8, 4) is 5.75 Å². The minimum absolute atomic E-state index is 0.0316. The van der Waals surface area contributed by atoms with E-state index in [0.29, 0.717) is 37.1 Å². The maximum Gasteiger partial charge on any atom is 0.348 e. The number of likely N-dealkylation sites (tertiary alicyclic amines) is 1. The van der Waals surface area contributed by atoms with Crippen LogP contribution in [0.25, 0.3) is 0 Å². The van der Waals surface area contributed by atoms with Crippen molar-refractivity contribution in [2.24, 2.45) is 0 Å². The molecule has 0 radical (unpaired) electrons. The lowest BCUT2D eigenvalue weighted by Gasteiger charge is -2.56. The van der Waals surface area contributed by atoms with Crippen molar-refractivity contribution in [3.05, 3.63) is 40.7 Å². The summed E-state index contributed by atoms with van der Waals surface area (Å²) in [6.07, 6.45) is -5.72. The number of benzene rings is 1. The fourth-order valence-corrected chi connectivity index (χ4v) is 7.18. The molecule has 1 aromatic carbocycles. The van der Waals surface area contributed by atoms with Gasteiger partial charge in [-0.2, -0.15) is 0 Å². The van der Waals surface area contributed by atoms with E-state index in [1.165, 1.54) is 6.08 Å². The van der Waals surface area contributed by atoms with Crippen LogP contribution < -0.4 is 4.74 Å². The van der Waals surface area contributed by atoms with Crippen LogP contribution in [0.3, 0.4) is 0 Å². The average molecular weight is 634 g/mol. The molecule has 0 unspecified atom stereocenters.